The van der Waals surface area contributed by atoms with Gasteiger partial charge in [0.05, 0.1) is 10.6 Å². The molecular formula is C17H19FN2O3S. The highest BCUT2D eigenvalue weighted by molar-refractivity contribution is 7.92. The number of carbonyl (C=O) groups is 1. The minimum Gasteiger partial charge on any atom is -0.352 e. The molecule has 0 aliphatic carbocycles. The van der Waals surface area contributed by atoms with E-state index in [1.54, 1.807) is 0 Å². The topological polar surface area (TPSA) is 75.3 Å². The van der Waals surface area contributed by atoms with E-state index < -0.39 is 15.8 Å². The monoisotopic (exact) mass is 350 g/mol. The Hall–Kier alpha value is -2.41. The van der Waals surface area contributed by atoms with E-state index in [-0.39, 0.29) is 16.5 Å². The van der Waals surface area contributed by atoms with Crippen molar-refractivity contribution in [3.05, 3.63) is 59.9 Å². The second-order valence-electron chi connectivity index (χ2n) is 5.71. The van der Waals surface area contributed by atoms with E-state index in [0.717, 1.165) is 0 Å². The molecule has 2 rings (SSSR count). The Balaban J connectivity index is 2.14. The van der Waals surface area contributed by atoms with Crippen LogP contribution in [-0.4, -0.2) is 20.9 Å². The van der Waals surface area contributed by atoms with Gasteiger partial charge >= 0.3 is 0 Å². The molecule has 0 saturated heterocycles. The normalized spacial score (nSPS) is 11.3. The summed E-state index contributed by atoms with van der Waals surface area (Å²) >= 11 is 0. The molecule has 7 heteroatoms. The minimum atomic E-state index is -3.93. The van der Waals surface area contributed by atoms with Crippen LogP contribution < -0.4 is 10.0 Å². The van der Waals surface area contributed by atoms with Crippen molar-refractivity contribution in [3.8, 4) is 0 Å². The molecule has 24 heavy (non-hydrogen) atoms. The first-order valence-electron chi connectivity index (χ1n) is 7.45. The summed E-state index contributed by atoms with van der Waals surface area (Å²) in [7, 11) is -3.93. The number of nitrogens with one attached hydrogen (secondary N) is 2. The molecule has 0 atom stereocenters. The average Bonchev–Trinajstić information content (AvgIpc) is 2.54. The maximum absolute atomic E-state index is 13.6. The summed E-state index contributed by atoms with van der Waals surface area (Å²) in [6, 6.07) is 11.0. The maximum Gasteiger partial charge on any atom is 0.261 e. The van der Waals surface area contributed by atoms with Gasteiger partial charge in [-0.05, 0) is 42.3 Å². The van der Waals surface area contributed by atoms with E-state index in [9.17, 15) is 17.6 Å². The van der Waals surface area contributed by atoms with Crippen LogP contribution in [0.5, 0.6) is 0 Å². The zero-order valence-electron chi connectivity index (χ0n) is 13.4. The first kappa shape index (κ1) is 17.9. The quantitative estimate of drug-likeness (QED) is 0.841. The first-order valence-corrected chi connectivity index (χ1v) is 8.93. The van der Waals surface area contributed by atoms with Gasteiger partial charge in [0, 0.05) is 12.1 Å². The summed E-state index contributed by atoms with van der Waals surface area (Å²) < 4.78 is 40.3. The van der Waals surface area contributed by atoms with Crippen molar-refractivity contribution >= 4 is 21.6 Å². The predicted molar refractivity (Wildman–Crippen MR) is 90.8 cm³/mol. The average molecular weight is 350 g/mol. The van der Waals surface area contributed by atoms with Crippen molar-refractivity contribution in [3.63, 3.8) is 0 Å². The third-order valence-electron chi connectivity index (χ3n) is 3.22. The molecule has 0 heterocycles. The van der Waals surface area contributed by atoms with Gasteiger partial charge in [-0.3, -0.25) is 9.52 Å². The Morgan fingerprint density at radius 3 is 2.29 bits per heavy atom. The lowest BCUT2D eigenvalue weighted by Gasteiger charge is -2.10. The van der Waals surface area contributed by atoms with E-state index in [4.69, 9.17) is 0 Å². The van der Waals surface area contributed by atoms with Crippen LogP contribution in [0.2, 0.25) is 0 Å². The maximum atomic E-state index is 13.6. The number of sulfonamides is 1. The zero-order valence-corrected chi connectivity index (χ0v) is 14.2. The van der Waals surface area contributed by atoms with Crippen molar-refractivity contribution < 1.29 is 17.6 Å². The van der Waals surface area contributed by atoms with Crippen LogP contribution in [0.4, 0.5) is 10.1 Å². The Morgan fingerprint density at radius 2 is 1.71 bits per heavy atom. The lowest BCUT2D eigenvalue weighted by molar-refractivity contribution is 0.0949. The van der Waals surface area contributed by atoms with Crippen LogP contribution in [0, 0.1) is 11.7 Å². The Labute approximate surface area is 141 Å². The summed E-state index contributed by atoms with van der Waals surface area (Å²) in [6.07, 6.45) is 0. The Bertz CT molecular complexity index is 818. The summed E-state index contributed by atoms with van der Waals surface area (Å²) in [5, 5.41) is 2.75. The minimum absolute atomic E-state index is 0.0498. The highest BCUT2D eigenvalue weighted by Gasteiger charge is 2.17. The van der Waals surface area contributed by atoms with Gasteiger partial charge < -0.3 is 5.32 Å². The fraction of sp³-hybridized carbons (Fsp3) is 0.235. The summed E-state index contributed by atoms with van der Waals surface area (Å²) in [5.74, 6) is -0.612. The standard InChI is InChI=1S/C17H19FN2O3S/c1-12(2)11-19-17(21)13-7-9-14(10-8-13)24(22,23)20-16-6-4-3-5-15(16)18/h3-10,12,20H,11H2,1-2H3,(H,19,21). The van der Waals surface area contributed by atoms with Crippen LogP contribution in [0.25, 0.3) is 0 Å². The molecule has 0 aliphatic rings. The Kier molecular flexibility index (Phi) is 5.56. The number of amides is 1. The molecule has 0 aliphatic heterocycles. The number of hydrogen-bond donors (Lipinski definition) is 2. The number of halogens is 1. The molecule has 0 saturated carbocycles. The first-order chi connectivity index (χ1) is 11.3. The lowest BCUT2D eigenvalue weighted by atomic mass is 10.2. The molecule has 2 aromatic carbocycles. The fourth-order valence-electron chi connectivity index (χ4n) is 1.93. The van der Waals surface area contributed by atoms with Crippen LogP contribution >= 0.6 is 0 Å². The van der Waals surface area contributed by atoms with Crippen LogP contribution in [0.15, 0.2) is 53.4 Å². The second kappa shape index (κ2) is 7.44. The van der Waals surface area contributed by atoms with E-state index in [1.165, 1.54) is 48.5 Å². The van der Waals surface area contributed by atoms with E-state index >= 15 is 0 Å². The van der Waals surface area contributed by atoms with Crippen LogP contribution in [0.1, 0.15) is 24.2 Å². The van der Waals surface area contributed by atoms with Gasteiger partial charge in [-0.15, -0.1) is 0 Å². The molecule has 0 fully saturated rings. The lowest BCUT2D eigenvalue weighted by Crippen LogP contribution is -2.27. The van der Waals surface area contributed by atoms with E-state index in [1.807, 2.05) is 13.8 Å². The molecule has 2 aromatic rings. The molecule has 0 unspecified atom stereocenters. The van der Waals surface area contributed by atoms with Gasteiger partial charge in [-0.25, -0.2) is 12.8 Å². The predicted octanol–water partition coefficient (Wildman–Crippen LogP) is 3.01. The fourth-order valence-corrected chi connectivity index (χ4v) is 3.00. The van der Waals surface area contributed by atoms with Crippen molar-refractivity contribution in [2.75, 3.05) is 11.3 Å². The molecule has 5 nitrogen and oxygen atoms in total. The van der Waals surface area contributed by atoms with Crippen molar-refractivity contribution in [2.45, 2.75) is 18.7 Å². The number of carbonyl (C=O) groups excluding carboxylic acids is 1. The molecule has 0 spiro atoms. The summed E-state index contributed by atoms with van der Waals surface area (Å²) in [4.78, 5) is 11.9. The van der Waals surface area contributed by atoms with Crippen LogP contribution in [0.3, 0.4) is 0 Å². The van der Waals surface area contributed by atoms with Crippen molar-refractivity contribution in [2.24, 2.45) is 5.92 Å². The molecule has 2 N–H and O–H groups in total. The number of rotatable bonds is 6. The highest BCUT2D eigenvalue weighted by atomic mass is 32.2. The van der Waals surface area contributed by atoms with Gasteiger partial charge in [0.2, 0.25) is 0 Å². The van der Waals surface area contributed by atoms with Crippen molar-refractivity contribution in [1.82, 2.24) is 5.32 Å². The Morgan fingerprint density at radius 1 is 1.08 bits per heavy atom. The molecule has 1 amide bonds. The number of para-hydroxylation sites is 1. The SMILES string of the molecule is CC(C)CNC(=O)c1ccc(S(=O)(=O)Nc2ccccc2F)cc1. The molecule has 0 radical (unpaired) electrons. The number of hydrogen-bond acceptors (Lipinski definition) is 3. The van der Waals surface area contributed by atoms with Crippen molar-refractivity contribution in [1.29, 1.82) is 0 Å². The molecule has 0 bridgehead atoms. The molecular weight excluding hydrogens is 331 g/mol. The third kappa shape index (κ3) is 4.55. The second-order valence-corrected chi connectivity index (χ2v) is 7.40. The highest BCUT2D eigenvalue weighted by Crippen LogP contribution is 2.19. The molecule has 0 aromatic heterocycles. The smallest absolute Gasteiger partial charge is 0.261 e. The number of anilines is 1. The van der Waals surface area contributed by atoms with Crippen LogP contribution in [-0.2, 0) is 10.0 Å². The summed E-state index contributed by atoms with van der Waals surface area (Å²) in [5.41, 5.74) is 0.233. The van der Waals surface area contributed by atoms with E-state index in [0.29, 0.717) is 18.0 Å². The van der Waals surface area contributed by atoms with E-state index in [2.05, 4.69) is 10.0 Å². The van der Waals surface area contributed by atoms with Gasteiger partial charge in [0.25, 0.3) is 15.9 Å². The van der Waals surface area contributed by atoms with Gasteiger partial charge in [0.15, 0.2) is 0 Å². The van der Waals surface area contributed by atoms with Gasteiger partial charge in [-0.1, -0.05) is 26.0 Å². The number of benzene rings is 2. The summed E-state index contributed by atoms with van der Waals surface area (Å²) in [6.45, 7) is 4.49. The largest absolute Gasteiger partial charge is 0.352 e. The third-order valence-corrected chi connectivity index (χ3v) is 4.60. The van der Waals surface area contributed by atoms with Gasteiger partial charge in [-0.2, -0.15) is 0 Å². The van der Waals surface area contributed by atoms with Gasteiger partial charge in [0.1, 0.15) is 5.82 Å². The zero-order chi connectivity index (χ0) is 17.7. The molecule has 128 valence electrons.